The topological polar surface area (TPSA) is 146 Å². The van der Waals surface area contributed by atoms with Gasteiger partial charge in [-0.3, -0.25) is 33.6 Å². The van der Waals surface area contributed by atoms with Crippen molar-refractivity contribution in [1.29, 1.82) is 0 Å². The van der Waals surface area contributed by atoms with Crippen molar-refractivity contribution < 1.29 is 23.9 Å². The maximum atomic E-state index is 13.0. The fourth-order valence-electron chi connectivity index (χ4n) is 6.02. The van der Waals surface area contributed by atoms with E-state index in [0.717, 1.165) is 36.8 Å². The quantitative estimate of drug-likeness (QED) is 0.439. The van der Waals surface area contributed by atoms with E-state index >= 15 is 0 Å². The summed E-state index contributed by atoms with van der Waals surface area (Å²) in [5, 5.41) is 2.33. The van der Waals surface area contributed by atoms with Gasteiger partial charge < -0.3 is 15.4 Å². The van der Waals surface area contributed by atoms with E-state index in [1.54, 1.807) is 11.9 Å². The largest absolute Gasteiger partial charge is 0.455 e. The van der Waals surface area contributed by atoms with Crippen molar-refractivity contribution in [3.63, 3.8) is 0 Å². The van der Waals surface area contributed by atoms with Gasteiger partial charge in [0.25, 0.3) is 5.91 Å². The Bertz CT molecular complexity index is 1310. The number of nitrogens with zero attached hydrogens (tertiary/aromatic N) is 3. The van der Waals surface area contributed by atoms with E-state index in [-0.39, 0.29) is 54.4 Å². The SMILES string of the molecule is Cn1c(=O)n(C2CCC(=O)NC2=O)c2ccc(C3CCN(C(=O)COC(=O)C4CCC(N)CC4)CC3)cc21. The molecule has 2 aliphatic heterocycles. The van der Waals surface area contributed by atoms with Gasteiger partial charge in [0.05, 0.1) is 17.0 Å². The number of hydrogen-bond donors (Lipinski definition) is 2. The molecule has 11 heteroatoms. The Morgan fingerprint density at radius 1 is 1.00 bits per heavy atom. The van der Waals surface area contributed by atoms with Gasteiger partial charge in [0.2, 0.25) is 11.8 Å². The number of carbonyl (C=O) groups is 4. The number of amides is 3. The van der Waals surface area contributed by atoms with Crippen LogP contribution in [0, 0.1) is 5.92 Å². The number of aryl methyl sites for hydroxylation is 1. The highest BCUT2D eigenvalue weighted by atomic mass is 16.5. The number of piperidine rings is 2. The smallest absolute Gasteiger partial charge is 0.329 e. The Morgan fingerprint density at radius 2 is 1.71 bits per heavy atom. The maximum absolute atomic E-state index is 13.0. The molecule has 204 valence electrons. The van der Waals surface area contributed by atoms with Crippen molar-refractivity contribution in [2.45, 2.75) is 69.4 Å². The Kier molecular flexibility index (Phi) is 7.38. The van der Waals surface area contributed by atoms with Crippen molar-refractivity contribution in [2.24, 2.45) is 18.7 Å². The van der Waals surface area contributed by atoms with Crippen LogP contribution in [-0.4, -0.2) is 63.5 Å². The lowest BCUT2D eigenvalue weighted by Crippen LogP contribution is -2.44. The van der Waals surface area contributed by atoms with E-state index in [1.807, 2.05) is 18.2 Å². The monoisotopic (exact) mass is 525 g/mol. The van der Waals surface area contributed by atoms with Crippen LogP contribution >= 0.6 is 0 Å². The Balaban J connectivity index is 1.20. The minimum atomic E-state index is -0.714. The highest BCUT2D eigenvalue weighted by Gasteiger charge is 2.32. The first-order valence-corrected chi connectivity index (χ1v) is 13.5. The summed E-state index contributed by atoms with van der Waals surface area (Å²) in [6.07, 6.45) is 5.05. The van der Waals surface area contributed by atoms with Crippen LogP contribution in [0.1, 0.15) is 68.9 Å². The predicted molar refractivity (Wildman–Crippen MR) is 138 cm³/mol. The minimum absolute atomic E-state index is 0.151. The molecule has 1 unspecified atom stereocenters. The van der Waals surface area contributed by atoms with E-state index in [1.165, 1.54) is 9.13 Å². The molecular formula is C27H35N5O6. The molecule has 0 bridgehead atoms. The van der Waals surface area contributed by atoms with Crippen molar-refractivity contribution in [2.75, 3.05) is 19.7 Å². The van der Waals surface area contributed by atoms with Crippen molar-refractivity contribution in [3.05, 3.63) is 34.2 Å². The second-order valence-electron chi connectivity index (χ2n) is 10.8. The fourth-order valence-corrected chi connectivity index (χ4v) is 6.02. The average molecular weight is 526 g/mol. The lowest BCUT2D eigenvalue weighted by molar-refractivity contribution is -0.156. The number of benzene rings is 1. The van der Waals surface area contributed by atoms with E-state index in [9.17, 15) is 24.0 Å². The third-order valence-electron chi connectivity index (χ3n) is 8.40. The van der Waals surface area contributed by atoms with Crippen LogP contribution < -0.4 is 16.7 Å². The number of fused-ring (bicyclic) bond motifs is 1. The summed E-state index contributed by atoms with van der Waals surface area (Å²) in [5.74, 6) is -1.20. The standard InChI is InChI=1S/C27H35N5O6/c1-30-22-14-18(4-7-20(22)32(27(30)37)21-8-9-23(33)29-25(21)35)16-10-12-31(13-11-16)24(34)15-38-26(36)17-2-5-19(28)6-3-17/h4,7,14,16-17,19,21H,2-3,5-6,8-13,15,28H2,1H3,(H,29,33,35). The number of carbonyl (C=O) groups excluding carboxylic acids is 4. The molecule has 2 aromatic rings. The van der Waals surface area contributed by atoms with Gasteiger partial charge in [0.15, 0.2) is 6.61 Å². The van der Waals surface area contributed by atoms with Crippen LogP contribution in [0.25, 0.3) is 11.0 Å². The Morgan fingerprint density at radius 3 is 2.39 bits per heavy atom. The summed E-state index contributed by atoms with van der Waals surface area (Å²) >= 11 is 0. The van der Waals surface area contributed by atoms with Crippen molar-refractivity contribution in [1.82, 2.24) is 19.4 Å². The van der Waals surface area contributed by atoms with E-state index in [4.69, 9.17) is 10.5 Å². The summed E-state index contributed by atoms with van der Waals surface area (Å²) in [5.41, 5.74) is 8.06. The molecule has 3 amide bonds. The van der Waals surface area contributed by atoms with Gasteiger partial charge in [-0.2, -0.15) is 0 Å². The van der Waals surface area contributed by atoms with Gasteiger partial charge in [-0.05, 0) is 68.6 Å². The number of imidazole rings is 1. The van der Waals surface area contributed by atoms with Crippen molar-refractivity contribution in [3.8, 4) is 0 Å². The van der Waals surface area contributed by atoms with Crippen LogP contribution in [0.3, 0.4) is 0 Å². The molecule has 3 heterocycles. The molecule has 1 atom stereocenters. The van der Waals surface area contributed by atoms with E-state index in [0.29, 0.717) is 37.9 Å². The number of imide groups is 1. The molecule has 1 aliphatic carbocycles. The fraction of sp³-hybridized carbons (Fsp3) is 0.593. The number of rotatable bonds is 5. The summed E-state index contributed by atoms with van der Waals surface area (Å²) in [6.45, 7) is 0.898. The number of likely N-dealkylation sites (tertiary alicyclic amines) is 1. The zero-order valence-corrected chi connectivity index (χ0v) is 21.7. The zero-order valence-electron chi connectivity index (χ0n) is 21.7. The Labute approximate surface area is 220 Å². The molecule has 3 aliphatic rings. The molecule has 1 aromatic carbocycles. The molecule has 1 aromatic heterocycles. The second kappa shape index (κ2) is 10.7. The van der Waals surface area contributed by atoms with Gasteiger partial charge >= 0.3 is 11.7 Å². The number of hydrogen-bond acceptors (Lipinski definition) is 7. The molecule has 1 saturated carbocycles. The molecule has 3 N–H and O–H groups in total. The molecule has 5 rings (SSSR count). The molecule has 0 spiro atoms. The molecule has 38 heavy (non-hydrogen) atoms. The van der Waals surface area contributed by atoms with Gasteiger partial charge in [-0.25, -0.2) is 4.79 Å². The summed E-state index contributed by atoms with van der Waals surface area (Å²) in [6, 6.07) is 5.26. The normalized spacial score (nSPS) is 24.9. The molecular weight excluding hydrogens is 490 g/mol. The highest BCUT2D eigenvalue weighted by Crippen LogP contribution is 2.31. The van der Waals surface area contributed by atoms with Crippen molar-refractivity contribution >= 4 is 34.7 Å². The predicted octanol–water partition coefficient (Wildman–Crippen LogP) is 1.08. The van der Waals surface area contributed by atoms with Gasteiger partial charge in [-0.1, -0.05) is 6.07 Å². The molecule has 3 fully saturated rings. The zero-order chi connectivity index (χ0) is 27.0. The number of aromatic nitrogens is 2. The first kappa shape index (κ1) is 26.1. The molecule has 2 saturated heterocycles. The number of ether oxygens (including phenoxy) is 1. The summed E-state index contributed by atoms with van der Waals surface area (Å²) in [7, 11) is 1.68. The third-order valence-corrected chi connectivity index (χ3v) is 8.40. The maximum Gasteiger partial charge on any atom is 0.329 e. The third kappa shape index (κ3) is 5.11. The van der Waals surface area contributed by atoms with Crippen LogP contribution in [0.15, 0.2) is 23.0 Å². The van der Waals surface area contributed by atoms with Crippen LogP contribution in [-0.2, 0) is 31.0 Å². The molecule has 11 nitrogen and oxygen atoms in total. The molecule has 0 radical (unpaired) electrons. The number of esters is 1. The lowest BCUT2D eigenvalue weighted by Gasteiger charge is -2.32. The lowest BCUT2D eigenvalue weighted by atomic mass is 9.86. The van der Waals surface area contributed by atoms with Gasteiger partial charge in [0, 0.05) is 32.6 Å². The van der Waals surface area contributed by atoms with Gasteiger partial charge in [0.1, 0.15) is 6.04 Å². The Hall–Kier alpha value is -3.47. The van der Waals surface area contributed by atoms with Crippen LogP contribution in [0.5, 0.6) is 0 Å². The van der Waals surface area contributed by atoms with E-state index in [2.05, 4.69) is 5.32 Å². The highest BCUT2D eigenvalue weighted by molar-refractivity contribution is 6.00. The van der Waals surface area contributed by atoms with Crippen LogP contribution in [0.2, 0.25) is 0 Å². The average Bonchev–Trinajstić information content (AvgIpc) is 3.16. The first-order chi connectivity index (χ1) is 18.2. The number of nitrogens with two attached hydrogens (primary N) is 1. The van der Waals surface area contributed by atoms with Gasteiger partial charge in [-0.15, -0.1) is 0 Å². The summed E-state index contributed by atoms with van der Waals surface area (Å²) < 4.78 is 8.34. The first-order valence-electron chi connectivity index (χ1n) is 13.5. The minimum Gasteiger partial charge on any atom is -0.455 e. The van der Waals surface area contributed by atoms with Crippen LogP contribution in [0.4, 0.5) is 0 Å². The summed E-state index contributed by atoms with van der Waals surface area (Å²) in [4.78, 5) is 63.7. The van der Waals surface area contributed by atoms with E-state index < -0.39 is 11.9 Å². The second-order valence-corrected chi connectivity index (χ2v) is 10.8. The number of nitrogens with one attached hydrogen (secondary N) is 1.